The zero-order valence-corrected chi connectivity index (χ0v) is 11.3. The fraction of sp³-hybridized carbons (Fsp3) is 1.00. The van der Waals surface area contributed by atoms with E-state index >= 15 is 0 Å². The minimum atomic E-state index is 0.00509. The van der Waals surface area contributed by atoms with Crippen molar-refractivity contribution in [1.29, 1.82) is 0 Å². The number of piperidine rings is 1. The third-order valence-electron chi connectivity index (χ3n) is 3.72. The Morgan fingerprint density at radius 1 is 1.44 bits per heavy atom. The quantitative estimate of drug-likeness (QED) is 0.748. The second kappa shape index (κ2) is 5.99. The molecular formula is C13H28N2O. The normalized spacial score (nSPS) is 28.3. The smallest absolute Gasteiger partial charge is 0.0494 e. The summed E-state index contributed by atoms with van der Waals surface area (Å²) in [6.07, 6.45) is 2.47. The molecule has 0 aliphatic carbocycles. The molecule has 1 fully saturated rings. The molecule has 1 heterocycles. The van der Waals surface area contributed by atoms with Crippen LogP contribution in [-0.2, 0) is 0 Å². The Morgan fingerprint density at radius 3 is 2.62 bits per heavy atom. The Kier molecular flexibility index (Phi) is 5.22. The van der Waals surface area contributed by atoms with Crippen LogP contribution in [0.1, 0.15) is 40.5 Å². The minimum Gasteiger partial charge on any atom is -0.396 e. The Bertz CT molecular complexity index is 206. The highest BCUT2D eigenvalue weighted by molar-refractivity contribution is 4.84. The van der Waals surface area contributed by atoms with E-state index in [0.29, 0.717) is 12.1 Å². The minimum absolute atomic E-state index is 0.00509. The summed E-state index contributed by atoms with van der Waals surface area (Å²) in [7, 11) is 0. The molecule has 1 aliphatic heterocycles. The molecule has 2 N–H and O–H groups in total. The number of aliphatic hydroxyl groups excluding tert-OH is 1. The molecule has 96 valence electrons. The van der Waals surface area contributed by atoms with Gasteiger partial charge in [-0.2, -0.15) is 0 Å². The maximum atomic E-state index is 9.21. The highest BCUT2D eigenvalue weighted by atomic mass is 16.3. The third kappa shape index (κ3) is 4.04. The lowest BCUT2D eigenvalue weighted by molar-refractivity contribution is 0.120. The predicted molar refractivity (Wildman–Crippen MR) is 68.6 cm³/mol. The number of nitrogens with one attached hydrogen (secondary N) is 1. The highest BCUT2D eigenvalue weighted by Crippen LogP contribution is 2.18. The van der Waals surface area contributed by atoms with Crippen LogP contribution >= 0.6 is 0 Å². The molecule has 1 aliphatic rings. The average molecular weight is 228 g/mol. The van der Waals surface area contributed by atoms with Crippen LogP contribution in [0.25, 0.3) is 0 Å². The summed E-state index contributed by atoms with van der Waals surface area (Å²) in [4.78, 5) is 2.54. The molecule has 16 heavy (non-hydrogen) atoms. The summed E-state index contributed by atoms with van der Waals surface area (Å²) in [5, 5.41) is 12.8. The van der Waals surface area contributed by atoms with Gasteiger partial charge in [0.15, 0.2) is 0 Å². The number of rotatable bonds is 5. The SMILES string of the molecule is CCN1CCC(NCC(C)(C)CO)CC1C. The number of likely N-dealkylation sites (tertiary alicyclic amines) is 1. The van der Waals surface area contributed by atoms with Gasteiger partial charge in [-0.25, -0.2) is 0 Å². The lowest BCUT2D eigenvalue weighted by atomic mass is 9.92. The van der Waals surface area contributed by atoms with Gasteiger partial charge in [-0.15, -0.1) is 0 Å². The summed E-state index contributed by atoms with van der Waals surface area (Å²) in [5.41, 5.74) is 0.00509. The van der Waals surface area contributed by atoms with Crippen molar-refractivity contribution in [3.63, 3.8) is 0 Å². The van der Waals surface area contributed by atoms with Gasteiger partial charge in [-0.1, -0.05) is 20.8 Å². The van der Waals surface area contributed by atoms with Gasteiger partial charge in [0.05, 0.1) is 0 Å². The van der Waals surface area contributed by atoms with E-state index in [0.717, 1.165) is 13.1 Å². The molecule has 1 saturated heterocycles. The van der Waals surface area contributed by atoms with E-state index in [4.69, 9.17) is 0 Å². The maximum Gasteiger partial charge on any atom is 0.0494 e. The van der Waals surface area contributed by atoms with E-state index < -0.39 is 0 Å². The van der Waals surface area contributed by atoms with Crippen molar-refractivity contribution >= 4 is 0 Å². The summed E-state index contributed by atoms with van der Waals surface area (Å²) < 4.78 is 0. The summed E-state index contributed by atoms with van der Waals surface area (Å²) in [5.74, 6) is 0. The summed E-state index contributed by atoms with van der Waals surface area (Å²) >= 11 is 0. The topological polar surface area (TPSA) is 35.5 Å². The van der Waals surface area contributed by atoms with Gasteiger partial charge >= 0.3 is 0 Å². The lowest BCUT2D eigenvalue weighted by Gasteiger charge is -2.38. The second-order valence-electron chi connectivity index (χ2n) is 5.90. The van der Waals surface area contributed by atoms with Gasteiger partial charge in [-0.05, 0) is 32.9 Å². The van der Waals surface area contributed by atoms with Crippen LogP contribution in [0.4, 0.5) is 0 Å². The largest absolute Gasteiger partial charge is 0.396 e. The monoisotopic (exact) mass is 228 g/mol. The molecule has 3 nitrogen and oxygen atoms in total. The molecule has 0 amide bonds. The van der Waals surface area contributed by atoms with Gasteiger partial charge in [0.25, 0.3) is 0 Å². The van der Waals surface area contributed by atoms with Gasteiger partial charge in [0.1, 0.15) is 0 Å². The van der Waals surface area contributed by atoms with E-state index in [2.05, 4.69) is 37.9 Å². The zero-order valence-electron chi connectivity index (χ0n) is 11.3. The Morgan fingerprint density at radius 2 is 2.12 bits per heavy atom. The average Bonchev–Trinajstić information content (AvgIpc) is 2.27. The van der Waals surface area contributed by atoms with Crippen LogP contribution in [0.15, 0.2) is 0 Å². The highest BCUT2D eigenvalue weighted by Gasteiger charge is 2.25. The fourth-order valence-electron chi connectivity index (χ4n) is 2.35. The molecule has 2 unspecified atom stereocenters. The summed E-state index contributed by atoms with van der Waals surface area (Å²) in [6.45, 7) is 12.3. The van der Waals surface area contributed by atoms with E-state index in [9.17, 15) is 5.11 Å². The molecule has 0 aromatic rings. The molecule has 0 radical (unpaired) electrons. The first-order valence-electron chi connectivity index (χ1n) is 6.57. The summed E-state index contributed by atoms with van der Waals surface area (Å²) in [6, 6.07) is 1.32. The maximum absolute atomic E-state index is 9.21. The second-order valence-corrected chi connectivity index (χ2v) is 5.90. The van der Waals surface area contributed by atoms with Crippen LogP contribution in [0.3, 0.4) is 0 Å². The van der Waals surface area contributed by atoms with E-state index in [1.54, 1.807) is 0 Å². The molecule has 0 aromatic carbocycles. The van der Waals surface area contributed by atoms with Crippen molar-refractivity contribution in [1.82, 2.24) is 10.2 Å². The lowest BCUT2D eigenvalue weighted by Crippen LogP contribution is -2.49. The molecule has 0 spiro atoms. The Hall–Kier alpha value is -0.120. The Labute approximate surface area is 100 Å². The van der Waals surface area contributed by atoms with Crippen molar-refractivity contribution in [2.45, 2.75) is 52.6 Å². The number of aliphatic hydroxyl groups is 1. The molecule has 2 atom stereocenters. The van der Waals surface area contributed by atoms with Crippen molar-refractivity contribution in [2.75, 3.05) is 26.2 Å². The van der Waals surface area contributed by atoms with Crippen molar-refractivity contribution in [3.8, 4) is 0 Å². The van der Waals surface area contributed by atoms with Crippen LogP contribution in [0.2, 0.25) is 0 Å². The van der Waals surface area contributed by atoms with Gasteiger partial charge in [0.2, 0.25) is 0 Å². The van der Waals surface area contributed by atoms with Crippen LogP contribution < -0.4 is 5.32 Å². The number of hydrogen-bond acceptors (Lipinski definition) is 3. The van der Waals surface area contributed by atoms with Crippen LogP contribution in [0, 0.1) is 5.41 Å². The first-order chi connectivity index (χ1) is 7.48. The van der Waals surface area contributed by atoms with Crippen LogP contribution in [0.5, 0.6) is 0 Å². The van der Waals surface area contributed by atoms with E-state index in [1.165, 1.54) is 19.4 Å². The number of nitrogens with zero attached hydrogens (tertiary/aromatic N) is 1. The first-order valence-corrected chi connectivity index (χ1v) is 6.57. The van der Waals surface area contributed by atoms with E-state index in [-0.39, 0.29) is 12.0 Å². The van der Waals surface area contributed by atoms with E-state index in [1.807, 2.05) is 0 Å². The van der Waals surface area contributed by atoms with Gasteiger partial charge < -0.3 is 15.3 Å². The van der Waals surface area contributed by atoms with Crippen molar-refractivity contribution < 1.29 is 5.11 Å². The fourth-order valence-corrected chi connectivity index (χ4v) is 2.35. The first kappa shape index (κ1) is 13.9. The molecule has 0 aromatic heterocycles. The molecule has 1 rings (SSSR count). The van der Waals surface area contributed by atoms with Gasteiger partial charge in [0, 0.05) is 30.7 Å². The molecular weight excluding hydrogens is 200 g/mol. The Balaban J connectivity index is 2.30. The van der Waals surface area contributed by atoms with Crippen molar-refractivity contribution in [2.24, 2.45) is 5.41 Å². The van der Waals surface area contributed by atoms with Gasteiger partial charge in [-0.3, -0.25) is 0 Å². The molecule has 0 saturated carbocycles. The van der Waals surface area contributed by atoms with Crippen LogP contribution in [-0.4, -0.2) is 48.3 Å². The predicted octanol–water partition coefficient (Wildman–Crippen LogP) is 1.47. The standard InChI is InChI=1S/C13H28N2O/c1-5-15-7-6-12(8-11(15)2)14-9-13(3,4)10-16/h11-12,14,16H,5-10H2,1-4H3. The molecule has 3 heteroatoms. The van der Waals surface area contributed by atoms with Crippen molar-refractivity contribution in [3.05, 3.63) is 0 Å². The zero-order chi connectivity index (χ0) is 12.2. The molecule has 0 bridgehead atoms. The third-order valence-corrected chi connectivity index (χ3v) is 3.72. The number of hydrogen-bond donors (Lipinski definition) is 2.